The molecule has 33 heavy (non-hydrogen) atoms. The van der Waals surface area contributed by atoms with Crippen LogP contribution in [0.1, 0.15) is 77.5 Å². The molecule has 2 aromatic rings. The lowest BCUT2D eigenvalue weighted by Crippen LogP contribution is -2.40. The van der Waals surface area contributed by atoms with E-state index in [9.17, 15) is 9.90 Å². The highest BCUT2D eigenvalue weighted by Gasteiger charge is 2.27. The lowest BCUT2D eigenvalue weighted by atomic mass is 9.90. The minimum Gasteiger partial charge on any atom is -0.393 e. The quantitative estimate of drug-likeness (QED) is 0.663. The number of aryl methyl sites for hydroxylation is 3. The number of aliphatic hydroxyl groups is 1. The summed E-state index contributed by atoms with van der Waals surface area (Å²) in [5.74, 6) is -0.0260. The van der Waals surface area contributed by atoms with Crippen LogP contribution in [0.5, 0.6) is 0 Å². The van der Waals surface area contributed by atoms with Gasteiger partial charge in [0.25, 0.3) is 5.91 Å². The van der Waals surface area contributed by atoms with Crippen molar-refractivity contribution < 1.29 is 9.90 Å². The molecule has 0 spiro atoms. The van der Waals surface area contributed by atoms with Gasteiger partial charge in [0.1, 0.15) is 0 Å². The van der Waals surface area contributed by atoms with E-state index in [1.807, 2.05) is 26.0 Å². The Morgan fingerprint density at radius 2 is 1.91 bits per heavy atom. The molecule has 1 saturated carbocycles. The van der Waals surface area contributed by atoms with Crippen molar-refractivity contribution >= 4 is 11.6 Å². The number of allylic oxidation sites excluding steroid dienone is 2. The lowest BCUT2D eigenvalue weighted by Gasteiger charge is -2.38. The van der Waals surface area contributed by atoms with E-state index in [0.717, 1.165) is 85.3 Å². The largest absolute Gasteiger partial charge is 0.393 e. The van der Waals surface area contributed by atoms with Gasteiger partial charge in [-0.05, 0) is 101 Å². The third-order valence-corrected chi connectivity index (χ3v) is 7.20. The zero-order valence-corrected chi connectivity index (χ0v) is 20.2. The van der Waals surface area contributed by atoms with Crippen molar-refractivity contribution in [3.05, 3.63) is 70.1 Å². The molecule has 1 aliphatic carbocycles. The van der Waals surface area contributed by atoms with Gasteiger partial charge in [0.2, 0.25) is 0 Å². The first-order chi connectivity index (χ1) is 16.0. The Labute approximate surface area is 197 Å². The van der Waals surface area contributed by atoms with Crippen LogP contribution >= 0.6 is 0 Å². The van der Waals surface area contributed by atoms with Crippen molar-refractivity contribution in [1.29, 1.82) is 0 Å². The highest BCUT2D eigenvalue weighted by molar-refractivity contribution is 5.97. The van der Waals surface area contributed by atoms with Crippen LogP contribution in [0.15, 0.2) is 36.4 Å². The summed E-state index contributed by atoms with van der Waals surface area (Å²) in [6, 6.07) is 8.68. The van der Waals surface area contributed by atoms with Crippen molar-refractivity contribution in [3.8, 4) is 0 Å². The number of nitrogens with one attached hydrogen (secondary N) is 1. The molecule has 2 heterocycles. The van der Waals surface area contributed by atoms with Crippen molar-refractivity contribution in [3.63, 3.8) is 0 Å². The van der Waals surface area contributed by atoms with Crippen LogP contribution < -0.4 is 10.2 Å². The molecule has 1 amide bonds. The molecule has 2 N–H and O–H groups in total. The third kappa shape index (κ3) is 5.30. The Morgan fingerprint density at radius 1 is 1.12 bits per heavy atom. The number of aliphatic hydroxyl groups excluding tert-OH is 1. The molecule has 0 bridgehead atoms. The van der Waals surface area contributed by atoms with Crippen molar-refractivity contribution in [2.45, 2.75) is 84.4 Å². The number of nitrogens with zero attached hydrogens (tertiary/aromatic N) is 2. The first kappa shape index (κ1) is 23.5. The maximum Gasteiger partial charge on any atom is 0.251 e. The molecule has 2 aliphatic rings. The molecule has 1 aromatic heterocycles. The maximum atomic E-state index is 13.4. The Hall–Kier alpha value is -2.66. The van der Waals surface area contributed by atoms with Crippen LogP contribution in [0.3, 0.4) is 0 Å². The predicted molar refractivity (Wildman–Crippen MR) is 134 cm³/mol. The summed E-state index contributed by atoms with van der Waals surface area (Å²) in [6.07, 6.45) is 10.6. The molecule has 1 aromatic carbocycles. The number of benzene rings is 1. The third-order valence-electron chi connectivity index (χ3n) is 7.20. The summed E-state index contributed by atoms with van der Waals surface area (Å²) >= 11 is 0. The molecule has 0 radical (unpaired) electrons. The van der Waals surface area contributed by atoms with Gasteiger partial charge in [-0.15, -0.1) is 0 Å². The smallest absolute Gasteiger partial charge is 0.251 e. The second-order valence-electron chi connectivity index (χ2n) is 9.44. The normalized spacial score (nSPS) is 22.2. The van der Waals surface area contributed by atoms with Gasteiger partial charge in [-0.2, -0.15) is 0 Å². The van der Waals surface area contributed by atoms with Crippen molar-refractivity contribution in [2.24, 2.45) is 0 Å². The standard InChI is InChI=1S/C28H37N3O2/c1-4-31(22-13-15-23(32)16-14-22)27-12-8-11-25-24(27)10-7-5-6-9-21-17-19(2)30-20(3)26(21)18-29-28(25)33/h5,7-8,11-12,17,22-23,32H,4,6,9-10,13-16,18H2,1-3H3,(H,29,33)/b7-5+/t22-,23-. The van der Waals surface area contributed by atoms with Gasteiger partial charge in [-0.1, -0.05) is 18.2 Å². The van der Waals surface area contributed by atoms with E-state index in [1.165, 1.54) is 5.56 Å². The average Bonchev–Trinajstić information content (AvgIpc) is 2.79. The summed E-state index contributed by atoms with van der Waals surface area (Å²) in [6.45, 7) is 7.64. The predicted octanol–water partition coefficient (Wildman–Crippen LogP) is 4.80. The zero-order valence-electron chi connectivity index (χ0n) is 20.2. The average molecular weight is 448 g/mol. The summed E-state index contributed by atoms with van der Waals surface area (Å²) < 4.78 is 0. The van der Waals surface area contributed by atoms with Crippen LogP contribution in [-0.4, -0.2) is 34.7 Å². The number of hydrogen-bond acceptors (Lipinski definition) is 4. The Morgan fingerprint density at radius 3 is 2.67 bits per heavy atom. The van der Waals surface area contributed by atoms with E-state index in [0.29, 0.717) is 12.6 Å². The van der Waals surface area contributed by atoms with E-state index >= 15 is 0 Å². The first-order valence-electron chi connectivity index (χ1n) is 12.4. The lowest BCUT2D eigenvalue weighted by molar-refractivity contribution is 0.0950. The fourth-order valence-corrected chi connectivity index (χ4v) is 5.49. The van der Waals surface area contributed by atoms with E-state index in [4.69, 9.17) is 0 Å². The summed E-state index contributed by atoms with van der Waals surface area (Å²) in [5, 5.41) is 13.2. The van der Waals surface area contributed by atoms with Gasteiger partial charge in [-0.25, -0.2) is 0 Å². The number of amides is 1. The number of anilines is 1. The SMILES string of the molecule is CCN(c1cccc2c1C/C=C/CCc1cc(C)nc(C)c1CNC2=O)[C@H]1CC[C@H](O)CC1. The van der Waals surface area contributed by atoms with Crippen LogP contribution in [0, 0.1) is 13.8 Å². The maximum absolute atomic E-state index is 13.4. The van der Waals surface area contributed by atoms with Crippen LogP contribution in [0.25, 0.3) is 0 Å². The first-order valence-corrected chi connectivity index (χ1v) is 12.4. The molecule has 4 rings (SSSR count). The number of carbonyl (C=O) groups is 1. The summed E-state index contributed by atoms with van der Waals surface area (Å²) in [5.41, 5.74) is 7.44. The zero-order chi connectivity index (χ0) is 23.4. The Kier molecular flexibility index (Phi) is 7.49. The van der Waals surface area contributed by atoms with Crippen LogP contribution in [0.2, 0.25) is 0 Å². The van der Waals surface area contributed by atoms with Gasteiger partial charge in [0, 0.05) is 41.8 Å². The number of pyridine rings is 1. The molecule has 5 heteroatoms. The summed E-state index contributed by atoms with van der Waals surface area (Å²) in [7, 11) is 0. The fourth-order valence-electron chi connectivity index (χ4n) is 5.49. The molecule has 5 nitrogen and oxygen atoms in total. The molecule has 0 saturated heterocycles. The Bertz CT molecular complexity index is 1020. The molecular weight excluding hydrogens is 410 g/mol. The topological polar surface area (TPSA) is 65.5 Å². The number of rotatable bonds is 3. The highest BCUT2D eigenvalue weighted by Crippen LogP contribution is 2.32. The summed E-state index contributed by atoms with van der Waals surface area (Å²) in [4.78, 5) is 20.5. The van der Waals surface area contributed by atoms with E-state index in [2.05, 4.69) is 46.4 Å². The number of aromatic nitrogens is 1. The van der Waals surface area contributed by atoms with Gasteiger partial charge in [-0.3, -0.25) is 9.78 Å². The molecular formula is C28H37N3O2. The van der Waals surface area contributed by atoms with Crippen molar-refractivity contribution in [1.82, 2.24) is 10.3 Å². The number of fused-ring (bicyclic) bond motifs is 2. The fraction of sp³-hybridized carbons (Fsp3) is 0.500. The van der Waals surface area contributed by atoms with Gasteiger partial charge >= 0.3 is 0 Å². The minimum absolute atomic E-state index is 0.0260. The van der Waals surface area contributed by atoms with Gasteiger partial charge in [0.15, 0.2) is 0 Å². The second-order valence-corrected chi connectivity index (χ2v) is 9.44. The van der Waals surface area contributed by atoms with Gasteiger partial charge < -0.3 is 15.3 Å². The van der Waals surface area contributed by atoms with E-state index in [-0.39, 0.29) is 12.0 Å². The minimum atomic E-state index is -0.172. The van der Waals surface area contributed by atoms with Crippen LogP contribution in [-0.2, 0) is 19.4 Å². The highest BCUT2D eigenvalue weighted by atomic mass is 16.3. The molecule has 1 aliphatic heterocycles. The van der Waals surface area contributed by atoms with E-state index in [1.54, 1.807) is 0 Å². The molecule has 0 unspecified atom stereocenters. The molecule has 0 atom stereocenters. The molecule has 1 fully saturated rings. The number of hydrogen-bond donors (Lipinski definition) is 2. The van der Waals surface area contributed by atoms with E-state index < -0.39 is 0 Å². The second kappa shape index (κ2) is 10.5. The number of carbonyl (C=O) groups excluding carboxylic acids is 1. The van der Waals surface area contributed by atoms with Gasteiger partial charge in [0.05, 0.1) is 6.10 Å². The monoisotopic (exact) mass is 447 g/mol. The van der Waals surface area contributed by atoms with Crippen LogP contribution in [0.4, 0.5) is 5.69 Å². The van der Waals surface area contributed by atoms with Crippen molar-refractivity contribution in [2.75, 3.05) is 11.4 Å². The Balaban J connectivity index is 1.68. The molecule has 176 valence electrons.